The third-order valence-electron chi connectivity index (χ3n) is 2.62. The van der Waals surface area contributed by atoms with Crippen LogP contribution >= 0.6 is 23.2 Å². The molecule has 4 nitrogen and oxygen atoms in total. The van der Waals surface area contributed by atoms with Crippen molar-refractivity contribution in [2.24, 2.45) is 0 Å². The van der Waals surface area contributed by atoms with E-state index in [9.17, 15) is 4.79 Å². The fourth-order valence-electron chi connectivity index (χ4n) is 1.77. The molecule has 0 amide bonds. The lowest BCUT2D eigenvalue weighted by Gasteiger charge is -2.29. The molecule has 1 saturated heterocycles. The zero-order valence-corrected chi connectivity index (χ0v) is 10.5. The highest BCUT2D eigenvalue weighted by atomic mass is 35.5. The van der Waals surface area contributed by atoms with E-state index in [1.807, 2.05) is 0 Å². The standard InChI is InChI=1S/C11H11Cl2NO3/c12-8-5-7(14-1-3-17-4-2-14)6-9(13)10(8)11(15)16/h5-6H,1-4H2,(H,15,16). The number of nitrogens with zero attached hydrogens (tertiary/aromatic N) is 1. The number of aromatic carboxylic acids is 1. The number of hydrogen-bond donors (Lipinski definition) is 1. The Morgan fingerprint density at radius 1 is 1.24 bits per heavy atom. The van der Waals surface area contributed by atoms with Gasteiger partial charge in [0.1, 0.15) is 0 Å². The van der Waals surface area contributed by atoms with Gasteiger partial charge < -0.3 is 14.7 Å². The Kier molecular flexibility index (Phi) is 3.76. The average molecular weight is 276 g/mol. The van der Waals surface area contributed by atoms with Crippen LogP contribution in [0, 0.1) is 0 Å². The molecule has 1 heterocycles. The van der Waals surface area contributed by atoms with Gasteiger partial charge in [0.2, 0.25) is 0 Å². The fourth-order valence-corrected chi connectivity index (χ4v) is 2.41. The molecule has 0 spiro atoms. The van der Waals surface area contributed by atoms with Crippen molar-refractivity contribution < 1.29 is 14.6 Å². The summed E-state index contributed by atoms with van der Waals surface area (Å²) in [6.45, 7) is 2.80. The largest absolute Gasteiger partial charge is 0.478 e. The Morgan fingerprint density at radius 3 is 2.24 bits per heavy atom. The van der Waals surface area contributed by atoms with Crippen molar-refractivity contribution in [2.45, 2.75) is 0 Å². The second-order valence-corrected chi connectivity index (χ2v) is 4.50. The topological polar surface area (TPSA) is 49.8 Å². The maximum absolute atomic E-state index is 10.9. The molecule has 1 aliphatic heterocycles. The number of hydrogen-bond acceptors (Lipinski definition) is 3. The minimum Gasteiger partial charge on any atom is -0.478 e. The average Bonchev–Trinajstić information content (AvgIpc) is 2.28. The number of ether oxygens (including phenoxy) is 1. The van der Waals surface area contributed by atoms with E-state index in [1.165, 1.54) is 0 Å². The predicted molar refractivity (Wildman–Crippen MR) is 66.5 cm³/mol. The predicted octanol–water partition coefficient (Wildman–Crippen LogP) is 2.53. The first kappa shape index (κ1) is 12.5. The van der Waals surface area contributed by atoms with E-state index in [0.29, 0.717) is 13.2 Å². The van der Waals surface area contributed by atoms with Gasteiger partial charge in [0.15, 0.2) is 0 Å². The molecule has 1 fully saturated rings. The second-order valence-electron chi connectivity index (χ2n) is 3.69. The van der Waals surface area contributed by atoms with Crippen molar-refractivity contribution >= 4 is 34.9 Å². The van der Waals surface area contributed by atoms with Crippen molar-refractivity contribution in [3.8, 4) is 0 Å². The monoisotopic (exact) mass is 275 g/mol. The van der Waals surface area contributed by atoms with Crippen LogP contribution in [0.2, 0.25) is 10.0 Å². The zero-order valence-electron chi connectivity index (χ0n) is 8.95. The summed E-state index contributed by atoms with van der Waals surface area (Å²) in [4.78, 5) is 13.0. The van der Waals surface area contributed by atoms with Crippen molar-refractivity contribution in [3.05, 3.63) is 27.7 Å². The maximum atomic E-state index is 10.9. The minimum atomic E-state index is -1.12. The number of benzene rings is 1. The number of carbonyl (C=O) groups is 1. The van der Waals surface area contributed by atoms with Crippen LogP contribution in [0.1, 0.15) is 10.4 Å². The van der Waals surface area contributed by atoms with Gasteiger partial charge in [-0.15, -0.1) is 0 Å². The molecule has 0 aliphatic carbocycles. The number of rotatable bonds is 2. The quantitative estimate of drug-likeness (QED) is 0.901. The maximum Gasteiger partial charge on any atom is 0.338 e. The van der Waals surface area contributed by atoms with Gasteiger partial charge in [-0.25, -0.2) is 4.79 Å². The van der Waals surface area contributed by atoms with Crippen molar-refractivity contribution in [2.75, 3.05) is 31.2 Å². The number of carboxylic acids is 1. The summed E-state index contributed by atoms with van der Waals surface area (Å²) in [5.74, 6) is -1.12. The first-order chi connectivity index (χ1) is 8.09. The molecule has 0 saturated carbocycles. The summed E-state index contributed by atoms with van der Waals surface area (Å²) in [6.07, 6.45) is 0. The molecule has 17 heavy (non-hydrogen) atoms. The van der Waals surface area contributed by atoms with E-state index >= 15 is 0 Å². The number of morpholine rings is 1. The molecule has 0 aromatic heterocycles. The SMILES string of the molecule is O=C(O)c1c(Cl)cc(N2CCOCC2)cc1Cl. The third-order valence-corrected chi connectivity index (χ3v) is 3.21. The fraction of sp³-hybridized carbons (Fsp3) is 0.364. The first-order valence-electron chi connectivity index (χ1n) is 5.14. The molecule has 6 heteroatoms. The molecule has 1 aliphatic rings. The highest BCUT2D eigenvalue weighted by molar-refractivity contribution is 6.39. The van der Waals surface area contributed by atoms with Crippen LogP contribution in [-0.2, 0) is 4.74 Å². The molecule has 0 bridgehead atoms. The lowest BCUT2D eigenvalue weighted by Crippen LogP contribution is -2.36. The van der Waals surface area contributed by atoms with Crippen LogP contribution < -0.4 is 4.90 Å². The van der Waals surface area contributed by atoms with Crippen LogP contribution in [0.4, 0.5) is 5.69 Å². The molecular weight excluding hydrogens is 265 g/mol. The van der Waals surface area contributed by atoms with Crippen LogP contribution in [0.15, 0.2) is 12.1 Å². The molecule has 0 atom stereocenters. The van der Waals surface area contributed by atoms with E-state index < -0.39 is 5.97 Å². The van der Waals surface area contributed by atoms with Crippen LogP contribution in [0.5, 0.6) is 0 Å². The minimum absolute atomic E-state index is 0.0506. The molecule has 1 aromatic carbocycles. The molecule has 1 aromatic rings. The van der Waals surface area contributed by atoms with E-state index in [-0.39, 0.29) is 15.6 Å². The van der Waals surface area contributed by atoms with Gasteiger partial charge >= 0.3 is 5.97 Å². The van der Waals surface area contributed by atoms with E-state index in [1.54, 1.807) is 12.1 Å². The molecule has 0 unspecified atom stereocenters. The van der Waals surface area contributed by atoms with Crippen LogP contribution in [-0.4, -0.2) is 37.4 Å². The number of halogens is 2. The summed E-state index contributed by atoms with van der Waals surface area (Å²) in [5, 5.41) is 9.26. The van der Waals surface area contributed by atoms with Gasteiger partial charge in [-0.05, 0) is 12.1 Å². The van der Waals surface area contributed by atoms with Gasteiger partial charge in [0, 0.05) is 18.8 Å². The Morgan fingerprint density at radius 2 is 1.76 bits per heavy atom. The van der Waals surface area contributed by atoms with Crippen molar-refractivity contribution in [1.29, 1.82) is 0 Å². The lowest BCUT2D eigenvalue weighted by molar-refractivity contribution is 0.0697. The summed E-state index contributed by atoms with van der Waals surface area (Å²) in [6, 6.07) is 3.25. The van der Waals surface area contributed by atoms with E-state index in [2.05, 4.69) is 4.90 Å². The highest BCUT2D eigenvalue weighted by Gasteiger charge is 2.18. The van der Waals surface area contributed by atoms with Gasteiger partial charge in [-0.2, -0.15) is 0 Å². The molecule has 2 rings (SSSR count). The van der Waals surface area contributed by atoms with Crippen LogP contribution in [0.3, 0.4) is 0 Å². The number of carboxylic acid groups (broad SMARTS) is 1. The Bertz CT molecular complexity index is 421. The molecule has 92 valence electrons. The number of anilines is 1. The first-order valence-corrected chi connectivity index (χ1v) is 5.90. The second kappa shape index (κ2) is 5.12. The van der Waals surface area contributed by atoms with E-state index in [4.69, 9.17) is 33.0 Å². The van der Waals surface area contributed by atoms with Crippen molar-refractivity contribution in [1.82, 2.24) is 0 Å². The summed E-state index contributed by atoms with van der Waals surface area (Å²) in [5.41, 5.74) is 0.777. The molecule has 0 radical (unpaired) electrons. The smallest absolute Gasteiger partial charge is 0.338 e. The Labute approximate surface area is 109 Å². The normalized spacial score (nSPS) is 16.0. The summed E-state index contributed by atoms with van der Waals surface area (Å²) >= 11 is 11.9. The molecular formula is C11H11Cl2NO3. The van der Waals surface area contributed by atoms with Crippen LogP contribution in [0.25, 0.3) is 0 Å². The van der Waals surface area contributed by atoms with Gasteiger partial charge in [-0.1, -0.05) is 23.2 Å². The molecule has 1 N–H and O–H groups in total. The van der Waals surface area contributed by atoms with Gasteiger partial charge in [0.05, 0.1) is 28.8 Å². The third kappa shape index (κ3) is 2.65. The summed E-state index contributed by atoms with van der Waals surface area (Å²) in [7, 11) is 0. The Balaban J connectivity index is 2.34. The highest BCUT2D eigenvalue weighted by Crippen LogP contribution is 2.31. The van der Waals surface area contributed by atoms with E-state index in [0.717, 1.165) is 18.8 Å². The lowest BCUT2D eigenvalue weighted by atomic mass is 10.2. The Hall–Kier alpha value is -0.970. The van der Waals surface area contributed by atoms with Gasteiger partial charge in [0.25, 0.3) is 0 Å². The van der Waals surface area contributed by atoms with Crippen molar-refractivity contribution in [3.63, 3.8) is 0 Å². The van der Waals surface area contributed by atoms with Gasteiger partial charge in [-0.3, -0.25) is 0 Å². The zero-order chi connectivity index (χ0) is 12.4. The summed E-state index contributed by atoms with van der Waals surface area (Å²) < 4.78 is 5.24.